The van der Waals surface area contributed by atoms with Gasteiger partial charge in [-0.1, -0.05) is 51.8 Å². The van der Waals surface area contributed by atoms with Gasteiger partial charge >= 0.3 is 0 Å². The minimum Gasteiger partial charge on any atom is -0.463 e. The third-order valence-corrected chi connectivity index (χ3v) is 6.65. The van der Waals surface area contributed by atoms with Crippen LogP contribution in [0.5, 0.6) is 5.75 Å². The Morgan fingerprint density at radius 1 is 1.13 bits per heavy atom. The van der Waals surface area contributed by atoms with Gasteiger partial charge in [0, 0.05) is 39.2 Å². The fraction of sp³-hybridized carbons (Fsp3) is 0.136. The molecule has 0 amide bonds. The van der Waals surface area contributed by atoms with Crippen molar-refractivity contribution in [1.82, 2.24) is 5.01 Å². The lowest BCUT2D eigenvalue weighted by Gasteiger charge is -2.38. The molecule has 0 bridgehead atoms. The molecule has 6 nitrogen and oxygen atoms in total. The largest absolute Gasteiger partial charge is 0.463 e. The number of nitrogens with zero attached hydrogens (tertiary/aromatic N) is 3. The van der Waals surface area contributed by atoms with Crippen molar-refractivity contribution < 1.29 is 9.66 Å². The summed E-state index contributed by atoms with van der Waals surface area (Å²) in [4.78, 5) is 10.9. The maximum absolute atomic E-state index is 11.3. The van der Waals surface area contributed by atoms with Crippen molar-refractivity contribution in [2.24, 2.45) is 5.10 Å². The molecule has 2 unspecified atom stereocenters. The Labute approximate surface area is 199 Å². The first-order chi connectivity index (χ1) is 14.9. The summed E-state index contributed by atoms with van der Waals surface area (Å²) in [5, 5.41) is 18.8. The van der Waals surface area contributed by atoms with Gasteiger partial charge in [0.2, 0.25) is 6.23 Å². The smallest absolute Gasteiger partial charge is 0.269 e. The monoisotopic (exact) mass is 561 g/mol. The summed E-state index contributed by atoms with van der Waals surface area (Å²) < 4.78 is 8.10. The van der Waals surface area contributed by atoms with Crippen molar-refractivity contribution in [3.8, 4) is 5.75 Å². The first-order valence-corrected chi connectivity index (χ1v) is 11.4. The van der Waals surface area contributed by atoms with Crippen LogP contribution in [0.3, 0.4) is 0 Å². The standard InChI is InChI=1S/C22H14Br2ClN3O3/c23-14-9-17-20-11-19(12-4-6-15(25)7-5-12)26-27(20)22(31-21(17)18(24)10-14)13-2-1-3-16(8-13)28(29)30/h1-10,20,22H,11H2. The molecule has 3 aromatic carbocycles. The summed E-state index contributed by atoms with van der Waals surface area (Å²) in [6.07, 6.45) is 0.0754. The lowest BCUT2D eigenvalue weighted by Crippen LogP contribution is -2.34. The number of non-ortho nitro benzene ring substituents is 1. The van der Waals surface area contributed by atoms with Gasteiger partial charge < -0.3 is 4.74 Å². The SMILES string of the molecule is O=[N+]([O-])c1cccc(C2Oc3c(Br)cc(Br)cc3C3CC(c4ccc(Cl)cc4)=NN32)c1. The number of fused-ring (bicyclic) bond motifs is 3. The van der Waals surface area contributed by atoms with Crippen LogP contribution in [-0.2, 0) is 0 Å². The Morgan fingerprint density at radius 3 is 2.65 bits per heavy atom. The van der Waals surface area contributed by atoms with Gasteiger partial charge in [-0.05, 0) is 45.8 Å². The van der Waals surface area contributed by atoms with Gasteiger partial charge in [-0.15, -0.1) is 0 Å². The molecule has 0 saturated heterocycles. The van der Waals surface area contributed by atoms with Crippen LogP contribution in [0.15, 0.2) is 74.7 Å². The summed E-state index contributed by atoms with van der Waals surface area (Å²) in [6.45, 7) is 0. The van der Waals surface area contributed by atoms with Gasteiger partial charge in [0.05, 0.1) is 21.1 Å². The zero-order valence-electron chi connectivity index (χ0n) is 15.8. The fourth-order valence-corrected chi connectivity index (χ4v) is 5.42. The topological polar surface area (TPSA) is 68.0 Å². The summed E-state index contributed by atoms with van der Waals surface area (Å²) in [6, 6.07) is 17.9. The molecule has 2 aliphatic rings. The number of nitro groups is 1. The molecular weight excluding hydrogens is 550 g/mol. The normalized spacial score (nSPS) is 19.3. The average Bonchev–Trinajstić information content (AvgIpc) is 3.19. The number of hydrogen-bond donors (Lipinski definition) is 0. The number of halogens is 3. The average molecular weight is 564 g/mol. The molecule has 0 radical (unpaired) electrons. The summed E-state index contributed by atoms with van der Waals surface area (Å²) in [7, 11) is 0. The minimum atomic E-state index is -0.598. The Bertz CT molecular complexity index is 1230. The van der Waals surface area contributed by atoms with E-state index in [0.717, 1.165) is 25.8 Å². The molecule has 2 atom stereocenters. The van der Waals surface area contributed by atoms with Crippen LogP contribution < -0.4 is 4.74 Å². The third-order valence-electron chi connectivity index (χ3n) is 5.35. The van der Waals surface area contributed by atoms with E-state index < -0.39 is 11.2 Å². The second kappa shape index (κ2) is 7.93. The number of nitro benzene ring substituents is 1. The van der Waals surface area contributed by atoms with Crippen molar-refractivity contribution in [3.05, 3.63) is 101 Å². The van der Waals surface area contributed by atoms with Crippen LogP contribution in [0.4, 0.5) is 5.69 Å². The molecule has 0 fully saturated rings. The van der Waals surface area contributed by atoms with Crippen molar-refractivity contribution in [1.29, 1.82) is 0 Å². The highest BCUT2D eigenvalue weighted by atomic mass is 79.9. The minimum absolute atomic E-state index is 0.0134. The van der Waals surface area contributed by atoms with Gasteiger partial charge in [-0.3, -0.25) is 10.1 Å². The van der Waals surface area contributed by atoms with E-state index in [1.54, 1.807) is 6.07 Å². The molecule has 31 heavy (non-hydrogen) atoms. The van der Waals surface area contributed by atoms with Crippen LogP contribution in [0, 0.1) is 10.1 Å². The van der Waals surface area contributed by atoms with Gasteiger partial charge in [0.1, 0.15) is 5.75 Å². The second-order valence-corrected chi connectivity index (χ2v) is 9.49. The van der Waals surface area contributed by atoms with E-state index in [0.29, 0.717) is 22.8 Å². The van der Waals surface area contributed by atoms with E-state index in [4.69, 9.17) is 21.4 Å². The van der Waals surface area contributed by atoms with Crippen molar-refractivity contribution >= 4 is 54.9 Å². The predicted molar refractivity (Wildman–Crippen MR) is 125 cm³/mol. The Hall–Kier alpha value is -2.42. The number of ether oxygens (including phenoxy) is 1. The highest BCUT2D eigenvalue weighted by Crippen LogP contribution is 2.51. The molecule has 0 aromatic heterocycles. The summed E-state index contributed by atoms with van der Waals surface area (Å²) in [5.41, 5.74) is 3.56. The molecule has 0 aliphatic carbocycles. The highest BCUT2D eigenvalue weighted by Gasteiger charge is 2.42. The second-order valence-electron chi connectivity index (χ2n) is 7.28. The fourth-order valence-electron chi connectivity index (χ4n) is 3.94. The van der Waals surface area contributed by atoms with E-state index in [9.17, 15) is 10.1 Å². The van der Waals surface area contributed by atoms with Gasteiger partial charge in [0.15, 0.2) is 0 Å². The maximum atomic E-state index is 11.3. The number of hydrazone groups is 1. The Balaban J connectivity index is 1.63. The van der Waals surface area contributed by atoms with Crippen LogP contribution >= 0.6 is 43.5 Å². The van der Waals surface area contributed by atoms with Crippen LogP contribution in [0.25, 0.3) is 0 Å². The van der Waals surface area contributed by atoms with Crippen LogP contribution in [0.1, 0.15) is 35.4 Å². The third kappa shape index (κ3) is 3.73. The highest BCUT2D eigenvalue weighted by molar-refractivity contribution is 9.11. The van der Waals surface area contributed by atoms with E-state index in [-0.39, 0.29) is 11.7 Å². The van der Waals surface area contributed by atoms with Crippen LogP contribution in [0.2, 0.25) is 5.02 Å². The molecule has 156 valence electrons. The molecule has 2 aliphatic heterocycles. The Morgan fingerprint density at radius 2 is 1.90 bits per heavy atom. The lowest BCUT2D eigenvalue weighted by atomic mass is 9.96. The maximum Gasteiger partial charge on any atom is 0.269 e. The quantitative estimate of drug-likeness (QED) is 0.254. The summed E-state index contributed by atoms with van der Waals surface area (Å²) in [5.74, 6) is 0.716. The van der Waals surface area contributed by atoms with E-state index in [1.807, 2.05) is 47.5 Å². The predicted octanol–water partition coefficient (Wildman–Crippen LogP) is 7.02. The Kier molecular flexibility index (Phi) is 5.24. The molecule has 5 rings (SSSR count). The molecule has 0 spiro atoms. The molecule has 3 aromatic rings. The van der Waals surface area contributed by atoms with Gasteiger partial charge in [-0.25, -0.2) is 5.01 Å². The van der Waals surface area contributed by atoms with Crippen LogP contribution in [-0.4, -0.2) is 15.6 Å². The number of rotatable bonds is 3. The molecule has 9 heteroatoms. The molecular formula is C22H14Br2ClN3O3. The zero-order chi connectivity index (χ0) is 21.7. The number of benzene rings is 3. The first kappa shape index (κ1) is 20.5. The summed E-state index contributed by atoms with van der Waals surface area (Å²) >= 11 is 13.2. The molecule has 0 N–H and O–H groups in total. The zero-order valence-corrected chi connectivity index (χ0v) is 19.8. The molecule has 2 heterocycles. The van der Waals surface area contributed by atoms with Crippen molar-refractivity contribution in [2.45, 2.75) is 18.7 Å². The van der Waals surface area contributed by atoms with Gasteiger partial charge in [0.25, 0.3) is 5.69 Å². The lowest BCUT2D eigenvalue weighted by molar-refractivity contribution is -0.385. The van der Waals surface area contributed by atoms with Crippen molar-refractivity contribution in [2.75, 3.05) is 0 Å². The first-order valence-electron chi connectivity index (χ1n) is 9.42. The van der Waals surface area contributed by atoms with Crippen molar-refractivity contribution in [3.63, 3.8) is 0 Å². The van der Waals surface area contributed by atoms with E-state index in [2.05, 4.69) is 31.9 Å². The molecule has 0 saturated carbocycles. The number of hydrogen-bond acceptors (Lipinski definition) is 5. The van der Waals surface area contributed by atoms with E-state index in [1.165, 1.54) is 12.1 Å². The van der Waals surface area contributed by atoms with Gasteiger partial charge in [-0.2, -0.15) is 5.10 Å². The van der Waals surface area contributed by atoms with E-state index >= 15 is 0 Å².